The molecule has 0 aromatic carbocycles. The van der Waals surface area contributed by atoms with E-state index < -0.39 is 0 Å². The fourth-order valence-electron chi connectivity index (χ4n) is 4.00. The molecular weight excluding hydrogens is 238 g/mol. The van der Waals surface area contributed by atoms with Crippen molar-refractivity contribution in [1.82, 2.24) is 0 Å². The van der Waals surface area contributed by atoms with E-state index in [-0.39, 0.29) is 5.60 Å². The third-order valence-electron chi connectivity index (χ3n) is 5.50. The Balaban J connectivity index is 1.42. The van der Waals surface area contributed by atoms with Gasteiger partial charge < -0.3 is 15.2 Å². The van der Waals surface area contributed by atoms with Gasteiger partial charge in [0.05, 0.1) is 11.7 Å². The summed E-state index contributed by atoms with van der Waals surface area (Å²) in [5.74, 6) is 0.678. The molecule has 0 radical (unpaired) electrons. The molecule has 2 heterocycles. The van der Waals surface area contributed by atoms with Crippen LogP contribution < -0.4 is 5.73 Å². The van der Waals surface area contributed by atoms with E-state index in [4.69, 9.17) is 15.2 Å². The van der Waals surface area contributed by atoms with Crippen LogP contribution in [0.15, 0.2) is 0 Å². The molecule has 0 bridgehead atoms. The van der Waals surface area contributed by atoms with Crippen LogP contribution in [-0.4, -0.2) is 31.0 Å². The minimum absolute atomic E-state index is 0.238. The fourth-order valence-corrected chi connectivity index (χ4v) is 4.00. The molecule has 1 aliphatic carbocycles. The molecule has 2 N–H and O–H groups in total. The minimum Gasteiger partial charge on any atom is -0.378 e. The SMILES string of the molecule is NC(CCC1CCCCO1)C1CCOC2(CCC2)C1. The first-order valence-electron chi connectivity index (χ1n) is 8.29. The van der Waals surface area contributed by atoms with E-state index in [0.717, 1.165) is 32.5 Å². The van der Waals surface area contributed by atoms with Gasteiger partial charge >= 0.3 is 0 Å². The summed E-state index contributed by atoms with van der Waals surface area (Å²) in [5, 5.41) is 0. The molecule has 110 valence electrons. The Kier molecular flexibility index (Phi) is 4.45. The maximum atomic E-state index is 6.45. The maximum absolute atomic E-state index is 6.45. The van der Waals surface area contributed by atoms with E-state index in [1.165, 1.54) is 44.9 Å². The highest BCUT2D eigenvalue weighted by molar-refractivity contribution is 4.96. The summed E-state index contributed by atoms with van der Waals surface area (Å²) in [6, 6.07) is 0.354. The lowest BCUT2D eigenvalue weighted by Crippen LogP contribution is -2.49. The van der Waals surface area contributed by atoms with Crippen LogP contribution in [-0.2, 0) is 9.47 Å². The Morgan fingerprint density at radius 3 is 2.68 bits per heavy atom. The number of hydrogen-bond acceptors (Lipinski definition) is 3. The van der Waals surface area contributed by atoms with Crippen molar-refractivity contribution in [2.24, 2.45) is 11.7 Å². The molecule has 19 heavy (non-hydrogen) atoms. The lowest BCUT2D eigenvalue weighted by atomic mass is 9.70. The van der Waals surface area contributed by atoms with E-state index in [1.54, 1.807) is 0 Å². The fraction of sp³-hybridized carbons (Fsp3) is 1.00. The third-order valence-corrected chi connectivity index (χ3v) is 5.50. The Bertz CT molecular complexity index is 284. The summed E-state index contributed by atoms with van der Waals surface area (Å²) in [7, 11) is 0. The molecule has 3 nitrogen and oxygen atoms in total. The third kappa shape index (κ3) is 3.32. The van der Waals surface area contributed by atoms with Gasteiger partial charge in [0.1, 0.15) is 0 Å². The Labute approximate surface area is 117 Å². The Hall–Kier alpha value is -0.120. The number of hydrogen-bond donors (Lipinski definition) is 1. The largest absolute Gasteiger partial charge is 0.378 e. The van der Waals surface area contributed by atoms with Gasteiger partial charge in [-0.3, -0.25) is 0 Å². The lowest BCUT2D eigenvalue weighted by molar-refractivity contribution is -0.146. The molecule has 0 aromatic rings. The Morgan fingerprint density at radius 1 is 1.11 bits per heavy atom. The topological polar surface area (TPSA) is 44.5 Å². The summed E-state index contributed by atoms with van der Waals surface area (Å²) in [4.78, 5) is 0. The first-order valence-corrected chi connectivity index (χ1v) is 8.29. The predicted octanol–water partition coefficient (Wildman–Crippen LogP) is 3.01. The van der Waals surface area contributed by atoms with E-state index in [1.807, 2.05) is 0 Å². The molecule has 3 atom stereocenters. The van der Waals surface area contributed by atoms with Crippen LogP contribution in [0.25, 0.3) is 0 Å². The summed E-state index contributed by atoms with van der Waals surface area (Å²) in [5.41, 5.74) is 6.69. The van der Waals surface area contributed by atoms with E-state index in [9.17, 15) is 0 Å². The van der Waals surface area contributed by atoms with Gasteiger partial charge in [-0.1, -0.05) is 0 Å². The molecule has 3 rings (SSSR count). The predicted molar refractivity (Wildman–Crippen MR) is 76.1 cm³/mol. The molecular formula is C16H29NO2. The van der Waals surface area contributed by atoms with Crippen LogP contribution in [0.1, 0.15) is 64.2 Å². The maximum Gasteiger partial charge on any atom is 0.0685 e. The second kappa shape index (κ2) is 6.11. The van der Waals surface area contributed by atoms with Gasteiger partial charge in [0, 0.05) is 19.3 Å². The van der Waals surface area contributed by atoms with Crippen LogP contribution in [0.2, 0.25) is 0 Å². The standard InChI is InChI=1S/C16H29NO2/c17-15(6-5-14-4-1-2-10-18-14)13-7-11-19-16(12-13)8-3-9-16/h13-15H,1-12,17H2. The van der Waals surface area contributed by atoms with Crippen molar-refractivity contribution in [3.8, 4) is 0 Å². The van der Waals surface area contributed by atoms with Crippen molar-refractivity contribution in [2.45, 2.75) is 82.0 Å². The molecule has 1 spiro atoms. The van der Waals surface area contributed by atoms with Gasteiger partial charge in [0.2, 0.25) is 0 Å². The monoisotopic (exact) mass is 267 g/mol. The number of ether oxygens (including phenoxy) is 2. The zero-order chi connectivity index (χ0) is 13.1. The van der Waals surface area contributed by atoms with Crippen molar-refractivity contribution in [1.29, 1.82) is 0 Å². The molecule has 2 aliphatic heterocycles. The summed E-state index contributed by atoms with van der Waals surface area (Å²) >= 11 is 0. The lowest BCUT2D eigenvalue weighted by Gasteiger charge is -2.48. The van der Waals surface area contributed by atoms with Crippen molar-refractivity contribution in [3.05, 3.63) is 0 Å². The highest BCUT2D eigenvalue weighted by Gasteiger charge is 2.43. The second-order valence-corrected chi connectivity index (χ2v) is 6.87. The molecule has 0 amide bonds. The van der Waals surface area contributed by atoms with E-state index >= 15 is 0 Å². The quantitative estimate of drug-likeness (QED) is 0.851. The second-order valence-electron chi connectivity index (χ2n) is 6.87. The molecule has 2 saturated heterocycles. The average molecular weight is 267 g/mol. The first-order chi connectivity index (χ1) is 9.27. The molecule has 3 heteroatoms. The van der Waals surface area contributed by atoms with Gasteiger partial charge in [-0.2, -0.15) is 0 Å². The molecule has 3 fully saturated rings. The van der Waals surface area contributed by atoms with Gasteiger partial charge in [-0.05, 0) is 70.1 Å². The van der Waals surface area contributed by atoms with E-state index in [2.05, 4.69) is 0 Å². The highest BCUT2D eigenvalue weighted by Crippen LogP contribution is 2.45. The zero-order valence-electron chi connectivity index (χ0n) is 12.1. The van der Waals surface area contributed by atoms with Crippen LogP contribution in [0.5, 0.6) is 0 Å². The van der Waals surface area contributed by atoms with Gasteiger partial charge in [0.15, 0.2) is 0 Å². The zero-order valence-corrected chi connectivity index (χ0v) is 12.1. The van der Waals surface area contributed by atoms with Gasteiger partial charge in [0.25, 0.3) is 0 Å². The molecule has 3 aliphatic rings. The summed E-state index contributed by atoms with van der Waals surface area (Å²) < 4.78 is 11.8. The minimum atomic E-state index is 0.238. The summed E-state index contributed by atoms with van der Waals surface area (Å²) in [6.07, 6.45) is 12.8. The van der Waals surface area contributed by atoms with Crippen molar-refractivity contribution in [3.63, 3.8) is 0 Å². The average Bonchev–Trinajstić information content (AvgIpc) is 2.44. The van der Waals surface area contributed by atoms with Crippen LogP contribution >= 0.6 is 0 Å². The van der Waals surface area contributed by atoms with E-state index in [0.29, 0.717) is 18.1 Å². The smallest absolute Gasteiger partial charge is 0.0685 e. The summed E-state index contributed by atoms with van der Waals surface area (Å²) in [6.45, 7) is 1.89. The number of nitrogens with two attached hydrogens (primary N) is 1. The molecule has 3 unspecified atom stereocenters. The van der Waals surface area contributed by atoms with Crippen molar-refractivity contribution in [2.75, 3.05) is 13.2 Å². The van der Waals surface area contributed by atoms with Crippen LogP contribution in [0.3, 0.4) is 0 Å². The molecule has 1 saturated carbocycles. The van der Waals surface area contributed by atoms with Crippen LogP contribution in [0.4, 0.5) is 0 Å². The van der Waals surface area contributed by atoms with Crippen molar-refractivity contribution >= 4 is 0 Å². The van der Waals surface area contributed by atoms with Crippen LogP contribution in [0, 0.1) is 5.92 Å². The normalized spacial score (nSPS) is 35.8. The van der Waals surface area contributed by atoms with Gasteiger partial charge in [-0.15, -0.1) is 0 Å². The van der Waals surface area contributed by atoms with Crippen molar-refractivity contribution < 1.29 is 9.47 Å². The van der Waals surface area contributed by atoms with Gasteiger partial charge in [-0.25, -0.2) is 0 Å². The highest BCUT2D eigenvalue weighted by atomic mass is 16.5. The number of rotatable bonds is 4. The Morgan fingerprint density at radius 2 is 2.00 bits per heavy atom. The first kappa shape index (κ1) is 13.8. The molecule has 0 aromatic heterocycles.